The molecular formula is C15H14INO2S. The lowest BCUT2D eigenvalue weighted by atomic mass is 10.2. The number of sulfonamides is 1. The van der Waals surface area contributed by atoms with E-state index < -0.39 is 10.0 Å². The van der Waals surface area contributed by atoms with Crippen molar-refractivity contribution in [2.75, 3.05) is 10.8 Å². The molecule has 0 radical (unpaired) electrons. The third-order valence-corrected chi connectivity index (χ3v) is 6.21. The van der Waals surface area contributed by atoms with Crippen LogP contribution in [0.15, 0.2) is 47.4 Å². The van der Waals surface area contributed by atoms with Crippen LogP contribution in [0.5, 0.6) is 0 Å². The average molecular weight is 399 g/mol. The minimum Gasteiger partial charge on any atom is -0.266 e. The van der Waals surface area contributed by atoms with Crippen LogP contribution in [0.1, 0.15) is 11.1 Å². The van der Waals surface area contributed by atoms with E-state index in [1.54, 1.807) is 12.1 Å². The standard InChI is InChI=1S/C15H14INO2S/c1-11-4-2-3-5-15(11)20(18,19)17-9-8-12-6-7-13(16)10-14(12)17/h2-7,10H,8-9H2,1H3. The predicted molar refractivity (Wildman–Crippen MR) is 88.6 cm³/mol. The van der Waals surface area contributed by atoms with Gasteiger partial charge in [0.15, 0.2) is 0 Å². The van der Waals surface area contributed by atoms with Gasteiger partial charge in [-0.3, -0.25) is 4.31 Å². The monoisotopic (exact) mass is 399 g/mol. The molecule has 1 heterocycles. The van der Waals surface area contributed by atoms with Crippen LogP contribution in [0, 0.1) is 10.5 Å². The summed E-state index contributed by atoms with van der Waals surface area (Å²) in [5, 5.41) is 0. The van der Waals surface area contributed by atoms with E-state index in [1.807, 2.05) is 37.3 Å². The lowest BCUT2D eigenvalue weighted by Crippen LogP contribution is -2.29. The first-order chi connectivity index (χ1) is 9.50. The Labute approximate surface area is 132 Å². The molecule has 1 aliphatic heterocycles. The SMILES string of the molecule is Cc1ccccc1S(=O)(=O)N1CCc2ccc(I)cc21. The highest BCUT2D eigenvalue weighted by atomic mass is 127. The van der Waals surface area contributed by atoms with Crippen LogP contribution in [0.25, 0.3) is 0 Å². The van der Waals surface area contributed by atoms with Gasteiger partial charge in [-0.15, -0.1) is 0 Å². The third kappa shape index (κ3) is 2.22. The molecule has 3 rings (SSSR count). The van der Waals surface area contributed by atoms with E-state index in [4.69, 9.17) is 0 Å². The summed E-state index contributed by atoms with van der Waals surface area (Å²) in [7, 11) is -3.47. The molecule has 0 aromatic heterocycles. The molecule has 0 amide bonds. The molecule has 20 heavy (non-hydrogen) atoms. The minimum absolute atomic E-state index is 0.395. The third-order valence-electron chi connectivity index (χ3n) is 3.56. The maximum absolute atomic E-state index is 12.9. The molecular weight excluding hydrogens is 385 g/mol. The second-order valence-electron chi connectivity index (χ2n) is 4.87. The van der Waals surface area contributed by atoms with Gasteiger partial charge in [-0.1, -0.05) is 24.3 Å². The van der Waals surface area contributed by atoms with Crippen molar-refractivity contribution in [3.05, 3.63) is 57.2 Å². The highest BCUT2D eigenvalue weighted by Gasteiger charge is 2.31. The van der Waals surface area contributed by atoms with Gasteiger partial charge in [0.25, 0.3) is 10.0 Å². The molecule has 3 nitrogen and oxygen atoms in total. The molecule has 0 atom stereocenters. The van der Waals surface area contributed by atoms with E-state index in [2.05, 4.69) is 22.6 Å². The number of anilines is 1. The number of aryl methyl sites for hydroxylation is 1. The summed E-state index contributed by atoms with van der Waals surface area (Å²) >= 11 is 2.21. The molecule has 0 fully saturated rings. The molecule has 0 bridgehead atoms. The minimum atomic E-state index is -3.47. The molecule has 0 spiro atoms. The number of hydrogen-bond donors (Lipinski definition) is 0. The Morgan fingerprint density at radius 1 is 1.15 bits per heavy atom. The van der Waals surface area contributed by atoms with Crippen LogP contribution < -0.4 is 4.31 Å². The lowest BCUT2D eigenvalue weighted by Gasteiger charge is -2.20. The molecule has 0 saturated heterocycles. The molecule has 5 heteroatoms. The molecule has 0 unspecified atom stereocenters. The fourth-order valence-corrected chi connectivity index (χ4v) is 4.74. The van der Waals surface area contributed by atoms with Gasteiger partial charge >= 0.3 is 0 Å². The first-order valence-electron chi connectivity index (χ1n) is 6.37. The van der Waals surface area contributed by atoms with Crippen LogP contribution in [-0.4, -0.2) is 15.0 Å². The van der Waals surface area contributed by atoms with Crippen molar-refractivity contribution in [1.29, 1.82) is 0 Å². The van der Waals surface area contributed by atoms with Gasteiger partial charge in [-0.2, -0.15) is 0 Å². The lowest BCUT2D eigenvalue weighted by molar-refractivity contribution is 0.591. The van der Waals surface area contributed by atoms with E-state index in [0.717, 1.165) is 26.8 Å². The number of rotatable bonds is 2. The zero-order valence-electron chi connectivity index (χ0n) is 11.0. The Morgan fingerprint density at radius 2 is 1.90 bits per heavy atom. The summed E-state index contributed by atoms with van der Waals surface area (Å²) in [5.41, 5.74) is 2.70. The molecule has 2 aromatic rings. The number of hydrogen-bond acceptors (Lipinski definition) is 2. The van der Waals surface area contributed by atoms with Crippen molar-refractivity contribution in [1.82, 2.24) is 0 Å². The molecule has 1 aliphatic rings. The number of halogens is 1. The van der Waals surface area contributed by atoms with Crippen LogP contribution in [-0.2, 0) is 16.4 Å². The fourth-order valence-electron chi connectivity index (χ4n) is 2.54. The van der Waals surface area contributed by atoms with E-state index in [9.17, 15) is 8.42 Å². The molecule has 104 valence electrons. The van der Waals surface area contributed by atoms with Crippen LogP contribution >= 0.6 is 22.6 Å². The first kappa shape index (κ1) is 13.9. The Kier molecular flexibility index (Phi) is 3.50. The smallest absolute Gasteiger partial charge is 0.264 e. The van der Waals surface area contributed by atoms with Crippen LogP contribution in [0.3, 0.4) is 0 Å². The summed E-state index contributed by atoms with van der Waals surface area (Å²) < 4.78 is 28.3. The van der Waals surface area contributed by atoms with E-state index in [0.29, 0.717) is 11.4 Å². The Balaban J connectivity index is 2.12. The normalized spacial score (nSPS) is 14.4. The van der Waals surface area contributed by atoms with Crippen molar-refractivity contribution in [3.8, 4) is 0 Å². The Bertz CT molecular complexity index is 771. The van der Waals surface area contributed by atoms with Crippen LogP contribution in [0.4, 0.5) is 5.69 Å². The van der Waals surface area contributed by atoms with Gasteiger partial charge in [0.05, 0.1) is 10.6 Å². The number of fused-ring (bicyclic) bond motifs is 1. The van der Waals surface area contributed by atoms with Crippen molar-refractivity contribution in [3.63, 3.8) is 0 Å². The van der Waals surface area contributed by atoms with E-state index in [-0.39, 0.29) is 0 Å². The summed E-state index contributed by atoms with van der Waals surface area (Å²) in [6.45, 7) is 2.35. The van der Waals surface area contributed by atoms with Gasteiger partial charge in [0, 0.05) is 10.1 Å². The van der Waals surface area contributed by atoms with Crippen LogP contribution in [0.2, 0.25) is 0 Å². The van der Waals surface area contributed by atoms with E-state index >= 15 is 0 Å². The predicted octanol–water partition coefficient (Wildman–Crippen LogP) is 3.35. The van der Waals surface area contributed by atoms with Crippen molar-refractivity contribution in [2.24, 2.45) is 0 Å². The second-order valence-corrected chi connectivity index (χ2v) is 7.94. The molecule has 0 aliphatic carbocycles. The molecule has 0 N–H and O–H groups in total. The van der Waals surface area contributed by atoms with E-state index in [1.165, 1.54) is 4.31 Å². The summed E-state index contributed by atoms with van der Waals surface area (Å²) in [5.74, 6) is 0. The quantitative estimate of drug-likeness (QED) is 0.727. The highest BCUT2D eigenvalue weighted by molar-refractivity contribution is 14.1. The second kappa shape index (κ2) is 5.04. The number of benzene rings is 2. The maximum atomic E-state index is 12.9. The largest absolute Gasteiger partial charge is 0.266 e. The van der Waals surface area contributed by atoms with Crippen molar-refractivity contribution < 1.29 is 8.42 Å². The summed E-state index contributed by atoms with van der Waals surface area (Å²) in [6.07, 6.45) is 0.775. The van der Waals surface area contributed by atoms with Gasteiger partial charge < -0.3 is 0 Å². The zero-order valence-corrected chi connectivity index (χ0v) is 14.0. The Morgan fingerprint density at radius 3 is 2.65 bits per heavy atom. The Hall–Kier alpha value is -1.08. The van der Waals surface area contributed by atoms with Gasteiger partial charge in [0.2, 0.25) is 0 Å². The topological polar surface area (TPSA) is 37.4 Å². The average Bonchev–Trinajstić information content (AvgIpc) is 2.82. The van der Waals surface area contributed by atoms with Gasteiger partial charge in [0.1, 0.15) is 0 Å². The summed E-state index contributed by atoms with van der Waals surface area (Å²) in [6, 6.07) is 13.1. The van der Waals surface area contributed by atoms with Gasteiger partial charge in [-0.05, 0) is 65.3 Å². The number of nitrogens with zero attached hydrogens (tertiary/aromatic N) is 1. The fraction of sp³-hybridized carbons (Fsp3) is 0.200. The van der Waals surface area contributed by atoms with Gasteiger partial charge in [-0.25, -0.2) is 8.42 Å². The highest BCUT2D eigenvalue weighted by Crippen LogP contribution is 2.34. The van der Waals surface area contributed by atoms with Crippen molar-refractivity contribution >= 4 is 38.3 Å². The maximum Gasteiger partial charge on any atom is 0.264 e. The molecule has 2 aromatic carbocycles. The summed E-state index contributed by atoms with van der Waals surface area (Å²) in [4.78, 5) is 0.395. The zero-order chi connectivity index (χ0) is 14.3. The first-order valence-corrected chi connectivity index (χ1v) is 8.89. The van der Waals surface area contributed by atoms with Crippen molar-refractivity contribution in [2.45, 2.75) is 18.2 Å². The molecule has 0 saturated carbocycles.